The zero-order chi connectivity index (χ0) is 16.4. The van der Waals surface area contributed by atoms with Crippen LogP contribution in [0.4, 0.5) is 5.69 Å². The molecule has 1 aliphatic rings. The van der Waals surface area contributed by atoms with Crippen LogP contribution in [0.3, 0.4) is 0 Å². The van der Waals surface area contributed by atoms with Gasteiger partial charge in [0.15, 0.2) is 6.10 Å². The van der Waals surface area contributed by atoms with Crippen molar-refractivity contribution in [1.29, 1.82) is 0 Å². The fourth-order valence-electron chi connectivity index (χ4n) is 1.95. The van der Waals surface area contributed by atoms with E-state index in [0.717, 1.165) is 12.1 Å². The fourth-order valence-corrected chi connectivity index (χ4v) is 1.95. The van der Waals surface area contributed by atoms with Crippen molar-refractivity contribution >= 4 is 11.7 Å². The fraction of sp³-hybridized carbons (Fsp3) is 0.417. The molecule has 0 aromatic heterocycles. The molecule has 1 aromatic carbocycles. The van der Waals surface area contributed by atoms with Crippen molar-refractivity contribution in [1.82, 2.24) is 0 Å². The minimum Gasteiger partial charge on any atom is -0.479 e. The van der Waals surface area contributed by atoms with Gasteiger partial charge in [-0.1, -0.05) is 0 Å². The van der Waals surface area contributed by atoms with E-state index in [1.807, 2.05) is 0 Å². The van der Waals surface area contributed by atoms with Crippen LogP contribution in [0.5, 0.6) is 5.75 Å². The van der Waals surface area contributed by atoms with E-state index in [2.05, 4.69) is 0 Å². The summed E-state index contributed by atoms with van der Waals surface area (Å²) in [4.78, 5) is 20.6. The summed E-state index contributed by atoms with van der Waals surface area (Å²) in [5, 5.41) is 48.0. The number of nitro benzene ring substituents is 1. The van der Waals surface area contributed by atoms with Gasteiger partial charge in [0.25, 0.3) is 5.69 Å². The van der Waals surface area contributed by atoms with Gasteiger partial charge in [0, 0.05) is 12.1 Å². The van der Waals surface area contributed by atoms with E-state index in [-0.39, 0.29) is 11.4 Å². The Morgan fingerprint density at radius 1 is 1.27 bits per heavy atom. The molecule has 1 heterocycles. The number of carbonyl (C=O) groups is 1. The van der Waals surface area contributed by atoms with Gasteiger partial charge in [0.2, 0.25) is 6.29 Å². The van der Waals surface area contributed by atoms with Gasteiger partial charge in [-0.25, -0.2) is 4.79 Å². The quantitative estimate of drug-likeness (QED) is 0.389. The molecule has 0 bridgehead atoms. The normalized spacial score (nSPS) is 29.0. The van der Waals surface area contributed by atoms with Crippen molar-refractivity contribution in [3.05, 3.63) is 34.4 Å². The lowest BCUT2D eigenvalue weighted by Gasteiger charge is -2.17. The van der Waals surface area contributed by atoms with E-state index in [0.29, 0.717) is 0 Å². The smallest absolute Gasteiger partial charge is 0.335 e. The molecule has 5 atom stereocenters. The van der Waals surface area contributed by atoms with E-state index in [4.69, 9.17) is 14.6 Å². The Labute approximate surface area is 123 Å². The number of nitro groups is 1. The molecule has 0 aliphatic carbocycles. The first-order valence-corrected chi connectivity index (χ1v) is 6.15. The molecular weight excluding hydrogens is 302 g/mol. The van der Waals surface area contributed by atoms with E-state index in [9.17, 15) is 30.2 Å². The van der Waals surface area contributed by atoms with Crippen LogP contribution in [0.15, 0.2) is 24.3 Å². The first kappa shape index (κ1) is 16.1. The molecule has 4 N–H and O–H groups in total. The summed E-state index contributed by atoms with van der Waals surface area (Å²) in [7, 11) is 0. The Morgan fingerprint density at radius 2 is 1.86 bits per heavy atom. The number of hydrogen-bond donors (Lipinski definition) is 4. The van der Waals surface area contributed by atoms with Crippen LogP contribution in [-0.2, 0) is 9.53 Å². The van der Waals surface area contributed by atoms with Gasteiger partial charge in [-0.2, -0.15) is 0 Å². The SMILES string of the molecule is O=C(O)C(O)C1O[C@@H](Oc2ccc([N+](=O)[O-])cc2)[C@H](O)[C@H]1O. The van der Waals surface area contributed by atoms with Gasteiger partial charge in [0.1, 0.15) is 24.1 Å². The van der Waals surface area contributed by atoms with Gasteiger partial charge >= 0.3 is 5.97 Å². The van der Waals surface area contributed by atoms with Crippen LogP contribution < -0.4 is 4.74 Å². The highest BCUT2D eigenvalue weighted by molar-refractivity contribution is 5.73. The second kappa shape index (κ2) is 6.23. The third-order valence-corrected chi connectivity index (χ3v) is 3.12. The predicted octanol–water partition coefficient (Wildman–Crippen LogP) is -1.13. The van der Waals surface area contributed by atoms with Crippen molar-refractivity contribution in [2.24, 2.45) is 0 Å². The standard InChI is InChI=1S/C12H13NO9/c14-7-8(15)12(22-10(7)9(16)11(17)18)21-6-3-1-5(2-4-6)13(19)20/h1-4,7-10,12,14-16H,(H,17,18)/t7-,8-,9?,10?,12-/m1/s1. The van der Waals surface area contributed by atoms with E-state index >= 15 is 0 Å². The average Bonchev–Trinajstić information content (AvgIpc) is 2.75. The number of nitrogens with zero attached hydrogens (tertiary/aromatic N) is 1. The largest absolute Gasteiger partial charge is 0.479 e. The lowest BCUT2D eigenvalue weighted by atomic mass is 10.1. The lowest BCUT2D eigenvalue weighted by Crippen LogP contribution is -2.42. The number of benzene rings is 1. The number of carboxylic acid groups (broad SMARTS) is 1. The minimum atomic E-state index is -2.03. The third-order valence-electron chi connectivity index (χ3n) is 3.12. The maximum atomic E-state index is 10.7. The van der Waals surface area contributed by atoms with Gasteiger partial charge in [-0.3, -0.25) is 10.1 Å². The Morgan fingerprint density at radius 3 is 2.36 bits per heavy atom. The maximum Gasteiger partial charge on any atom is 0.335 e. The summed E-state index contributed by atoms with van der Waals surface area (Å²) in [6.45, 7) is 0. The van der Waals surface area contributed by atoms with Crippen LogP contribution in [0.2, 0.25) is 0 Å². The summed E-state index contributed by atoms with van der Waals surface area (Å²) in [5.41, 5.74) is -0.167. The Bertz CT molecular complexity index is 560. The van der Waals surface area contributed by atoms with Crippen LogP contribution in [0, 0.1) is 10.1 Å². The molecule has 1 aliphatic heterocycles. The molecular formula is C12H13NO9. The van der Waals surface area contributed by atoms with Gasteiger partial charge in [-0.15, -0.1) is 0 Å². The summed E-state index contributed by atoms with van der Waals surface area (Å²) >= 11 is 0. The number of hydrogen-bond acceptors (Lipinski definition) is 8. The van der Waals surface area contributed by atoms with Crippen molar-refractivity contribution in [2.45, 2.75) is 30.7 Å². The molecule has 10 nitrogen and oxygen atoms in total. The average molecular weight is 315 g/mol. The van der Waals surface area contributed by atoms with Crippen LogP contribution in [0.25, 0.3) is 0 Å². The Balaban J connectivity index is 2.07. The Kier molecular flexibility index (Phi) is 4.56. The molecule has 0 amide bonds. The topological polar surface area (TPSA) is 160 Å². The van der Waals surface area contributed by atoms with Crippen molar-refractivity contribution in [3.8, 4) is 5.75 Å². The molecule has 0 saturated carbocycles. The predicted molar refractivity (Wildman–Crippen MR) is 68.0 cm³/mol. The molecule has 0 radical (unpaired) electrons. The number of aliphatic carboxylic acids is 1. The number of rotatable bonds is 5. The summed E-state index contributed by atoms with van der Waals surface area (Å²) in [6, 6.07) is 4.83. The lowest BCUT2D eigenvalue weighted by molar-refractivity contribution is -0.384. The first-order valence-electron chi connectivity index (χ1n) is 6.15. The van der Waals surface area contributed by atoms with Crippen molar-refractivity contribution in [2.75, 3.05) is 0 Å². The zero-order valence-electron chi connectivity index (χ0n) is 11.0. The second-order valence-electron chi connectivity index (χ2n) is 4.60. The molecule has 1 aromatic rings. The maximum absolute atomic E-state index is 10.7. The van der Waals surface area contributed by atoms with E-state index in [1.165, 1.54) is 12.1 Å². The molecule has 22 heavy (non-hydrogen) atoms. The van der Waals surface area contributed by atoms with Crippen LogP contribution >= 0.6 is 0 Å². The van der Waals surface area contributed by atoms with E-state index < -0.39 is 41.6 Å². The number of non-ortho nitro benzene ring substituents is 1. The van der Waals surface area contributed by atoms with Gasteiger partial charge in [0.05, 0.1) is 4.92 Å². The summed E-state index contributed by atoms with van der Waals surface area (Å²) < 4.78 is 10.2. The summed E-state index contributed by atoms with van der Waals surface area (Å²) in [5.74, 6) is -1.51. The minimum absolute atomic E-state index is 0.104. The van der Waals surface area contributed by atoms with Crippen LogP contribution in [-0.4, -0.2) is 62.0 Å². The summed E-state index contributed by atoms with van der Waals surface area (Å²) in [6.07, 6.45) is -8.26. The molecule has 2 rings (SSSR count). The molecule has 0 spiro atoms. The number of ether oxygens (including phenoxy) is 2. The van der Waals surface area contributed by atoms with Gasteiger partial charge < -0.3 is 29.9 Å². The number of aliphatic hydroxyl groups is 3. The molecule has 1 fully saturated rings. The molecule has 1 saturated heterocycles. The molecule has 10 heteroatoms. The molecule has 2 unspecified atom stereocenters. The number of carboxylic acids is 1. The highest BCUT2D eigenvalue weighted by atomic mass is 16.7. The van der Waals surface area contributed by atoms with Crippen molar-refractivity contribution in [3.63, 3.8) is 0 Å². The van der Waals surface area contributed by atoms with Gasteiger partial charge in [-0.05, 0) is 12.1 Å². The van der Waals surface area contributed by atoms with Crippen LogP contribution in [0.1, 0.15) is 0 Å². The third kappa shape index (κ3) is 3.14. The second-order valence-corrected chi connectivity index (χ2v) is 4.60. The first-order chi connectivity index (χ1) is 10.3. The Hall–Kier alpha value is -2.27. The van der Waals surface area contributed by atoms with Crippen molar-refractivity contribution < 1.29 is 39.6 Å². The van der Waals surface area contributed by atoms with E-state index in [1.54, 1.807) is 0 Å². The number of aliphatic hydroxyl groups excluding tert-OH is 3. The molecule has 120 valence electrons. The zero-order valence-corrected chi connectivity index (χ0v) is 11.0. The monoisotopic (exact) mass is 315 g/mol. The highest BCUT2D eigenvalue weighted by Crippen LogP contribution is 2.27. The highest BCUT2D eigenvalue weighted by Gasteiger charge is 2.49.